The number of carbonyl (C=O) groups excluding carboxylic acids is 2. The summed E-state index contributed by atoms with van der Waals surface area (Å²) in [7, 11) is 2.15. The number of aryl methyl sites for hydroxylation is 1. The molecule has 5 rings (SSSR count). The normalized spacial score (nSPS) is 13.8. The predicted molar refractivity (Wildman–Crippen MR) is 148 cm³/mol. The summed E-state index contributed by atoms with van der Waals surface area (Å²) in [5.41, 5.74) is 6.73. The number of carbonyl (C=O) groups is 2. The molecule has 1 aliphatic rings. The van der Waals surface area contributed by atoms with E-state index in [-0.39, 0.29) is 17.5 Å². The number of hydrogen-bond acceptors (Lipinski definition) is 6. The number of hydrogen-bond donors (Lipinski definition) is 2. The number of likely N-dealkylation sites (N-methyl/N-ethyl adjacent to an activating group) is 1. The maximum Gasteiger partial charge on any atom is 0.277 e. The van der Waals surface area contributed by atoms with Crippen LogP contribution in [-0.2, 0) is 6.54 Å². The van der Waals surface area contributed by atoms with Gasteiger partial charge in [-0.05, 0) is 72.6 Å². The van der Waals surface area contributed by atoms with Crippen LogP contribution in [0.15, 0.2) is 83.6 Å². The quantitative estimate of drug-likeness (QED) is 0.379. The molecular formula is C30H31N5O3. The molecule has 1 fully saturated rings. The number of piperazine rings is 1. The molecule has 8 heteroatoms. The molecule has 0 aliphatic carbocycles. The Morgan fingerprint density at radius 2 is 1.63 bits per heavy atom. The second kappa shape index (κ2) is 11.3. The van der Waals surface area contributed by atoms with Crippen molar-refractivity contribution in [3.05, 3.63) is 101 Å². The number of benzene rings is 3. The van der Waals surface area contributed by atoms with Crippen molar-refractivity contribution >= 4 is 23.2 Å². The Labute approximate surface area is 222 Å². The standard InChI is InChI=1S/C30H31N5O3/c1-21-3-10-25(32-30(37)28-13-18-38-33-28)19-27(21)23-6-8-24(9-7-23)29(36)31-20-22-4-11-26(12-5-22)35-16-14-34(2)15-17-35/h3-13,18-19H,14-17,20H2,1-2H3,(H,31,36)(H,32,37). The summed E-state index contributed by atoms with van der Waals surface area (Å²) < 4.78 is 4.74. The van der Waals surface area contributed by atoms with Crippen LogP contribution in [0.25, 0.3) is 11.1 Å². The Kier molecular flexibility index (Phi) is 7.51. The third kappa shape index (κ3) is 5.92. The summed E-state index contributed by atoms with van der Waals surface area (Å²) in [6.07, 6.45) is 1.36. The average Bonchev–Trinajstić information content (AvgIpc) is 3.49. The lowest BCUT2D eigenvalue weighted by atomic mass is 9.98. The Morgan fingerprint density at radius 1 is 0.895 bits per heavy atom. The van der Waals surface area contributed by atoms with Crippen LogP contribution in [-0.4, -0.2) is 55.1 Å². The van der Waals surface area contributed by atoms with Gasteiger partial charge in [-0.1, -0.05) is 35.5 Å². The minimum Gasteiger partial charge on any atom is -0.369 e. The van der Waals surface area contributed by atoms with Crippen LogP contribution in [0.2, 0.25) is 0 Å². The summed E-state index contributed by atoms with van der Waals surface area (Å²) >= 11 is 0. The van der Waals surface area contributed by atoms with Gasteiger partial charge in [0.15, 0.2) is 5.69 Å². The van der Waals surface area contributed by atoms with Crippen molar-refractivity contribution in [2.24, 2.45) is 0 Å². The molecular weight excluding hydrogens is 478 g/mol. The van der Waals surface area contributed by atoms with Crippen LogP contribution in [0.4, 0.5) is 11.4 Å². The van der Waals surface area contributed by atoms with E-state index in [1.807, 2.05) is 49.4 Å². The van der Waals surface area contributed by atoms with Crippen LogP contribution in [0.3, 0.4) is 0 Å². The van der Waals surface area contributed by atoms with Crippen LogP contribution in [0.5, 0.6) is 0 Å². The van der Waals surface area contributed by atoms with Crippen molar-refractivity contribution in [2.45, 2.75) is 13.5 Å². The van der Waals surface area contributed by atoms with E-state index in [0.29, 0.717) is 17.8 Å². The zero-order chi connectivity index (χ0) is 26.5. The highest BCUT2D eigenvalue weighted by atomic mass is 16.5. The van der Waals surface area contributed by atoms with E-state index in [1.165, 1.54) is 18.0 Å². The van der Waals surface area contributed by atoms with Gasteiger partial charge >= 0.3 is 0 Å². The summed E-state index contributed by atoms with van der Waals surface area (Å²) in [4.78, 5) is 29.8. The number of nitrogens with one attached hydrogen (secondary N) is 2. The lowest BCUT2D eigenvalue weighted by Gasteiger charge is -2.34. The number of aromatic nitrogens is 1. The molecule has 0 bridgehead atoms. The third-order valence-corrected chi connectivity index (χ3v) is 6.88. The van der Waals surface area contributed by atoms with Crippen molar-refractivity contribution in [2.75, 3.05) is 43.4 Å². The zero-order valence-corrected chi connectivity index (χ0v) is 21.6. The average molecular weight is 510 g/mol. The topological polar surface area (TPSA) is 90.7 Å². The van der Waals surface area contributed by atoms with Crippen molar-refractivity contribution in [1.29, 1.82) is 0 Å². The third-order valence-electron chi connectivity index (χ3n) is 6.88. The van der Waals surface area contributed by atoms with E-state index < -0.39 is 0 Å². The van der Waals surface area contributed by atoms with Crippen molar-refractivity contribution in [3.63, 3.8) is 0 Å². The van der Waals surface area contributed by atoms with Gasteiger partial charge in [-0.15, -0.1) is 0 Å². The highest BCUT2D eigenvalue weighted by Crippen LogP contribution is 2.27. The predicted octanol–water partition coefficient (Wildman–Crippen LogP) is 4.58. The molecule has 1 aromatic heterocycles. The molecule has 1 aliphatic heterocycles. The number of anilines is 2. The maximum absolute atomic E-state index is 12.8. The zero-order valence-electron chi connectivity index (χ0n) is 21.6. The smallest absolute Gasteiger partial charge is 0.277 e. The first-order valence-electron chi connectivity index (χ1n) is 12.7. The van der Waals surface area contributed by atoms with Gasteiger partial charge in [0, 0.05) is 55.7 Å². The number of nitrogens with zero attached hydrogens (tertiary/aromatic N) is 3. The lowest BCUT2D eigenvalue weighted by Crippen LogP contribution is -2.44. The van der Waals surface area contributed by atoms with Crippen molar-refractivity contribution in [1.82, 2.24) is 15.4 Å². The molecule has 0 unspecified atom stereocenters. The molecule has 2 amide bonds. The monoisotopic (exact) mass is 509 g/mol. The van der Waals surface area contributed by atoms with Gasteiger partial charge in [0.2, 0.25) is 0 Å². The first kappa shape index (κ1) is 25.2. The fourth-order valence-corrected chi connectivity index (χ4v) is 4.51. The molecule has 0 spiro atoms. The van der Waals surface area contributed by atoms with E-state index in [1.54, 1.807) is 0 Å². The SMILES string of the molecule is Cc1ccc(NC(=O)c2ccon2)cc1-c1ccc(C(=O)NCc2ccc(N3CCN(C)CC3)cc2)cc1. The molecule has 2 N–H and O–H groups in total. The minimum atomic E-state index is -0.338. The summed E-state index contributed by atoms with van der Waals surface area (Å²) in [6, 6.07) is 23.1. The number of amides is 2. The first-order valence-corrected chi connectivity index (χ1v) is 12.7. The second-order valence-electron chi connectivity index (χ2n) is 9.59. The summed E-state index contributed by atoms with van der Waals surface area (Å²) in [5.74, 6) is -0.459. The summed E-state index contributed by atoms with van der Waals surface area (Å²) in [6.45, 7) is 6.68. The van der Waals surface area contributed by atoms with Gasteiger partial charge in [0.1, 0.15) is 6.26 Å². The fraction of sp³-hybridized carbons (Fsp3) is 0.233. The molecule has 0 radical (unpaired) electrons. The van der Waals surface area contributed by atoms with Gasteiger partial charge in [-0.2, -0.15) is 0 Å². The lowest BCUT2D eigenvalue weighted by molar-refractivity contribution is 0.0950. The fourth-order valence-electron chi connectivity index (χ4n) is 4.51. The second-order valence-corrected chi connectivity index (χ2v) is 9.59. The Hall–Kier alpha value is -4.43. The molecule has 1 saturated heterocycles. The van der Waals surface area contributed by atoms with Gasteiger partial charge < -0.3 is 25.0 Å². The van der Waals surface area contributed by atoms with E-state index in [2.05, 4.69) is 56.9 Å². The van der Waals surface area contributed by atoms with Crippen LogP contribution < -0.4 is 15.5 Å². The highest BCUT2D eigenvalue weighted by molar-refractivity contribution is 6.03. The minimum absolute atomic E-state index is 0.120. The molecule has 4 aromatic rings. The first-order chi connectivity index (χ1) is 18.5. The van der Waals surface area contributed by atoms with E-state index in [4.69, 9.17) is 4.52 Å². The van der Waals surface area contributed by atoms with Crippen LogP contribution in [0.1, 0.15) is 32.0 Å². The number of rotatable bonds is 7. The van der Waals surface area contributed by atoms with Crippen LogP contribution in [0, 0.1) is 6.92 Å². The molecule has 0 saturated carbocycles. The van der Waals surface area contributed by atoms with Crippen molar-refractivity contribution < 1.29 is 14.1 Å². The Morgan fingerprint density at radius 3 is 2.32 bits per heavy atom. The Bertz CT molecular complexity index is 1390. The summed E-state index contributed by atoms with van der Waals surface area (Å²) in [5, 5.41) is 9.52. The largest absolute Gasteiger partial charge is 0.369 e. The molecule has 8 nitrogen and oxygen atoms in total. The van der Waals surface area contributed by atoms with Gasteiger partial charge in [-0.3, -0.25) is 9.59 Å². The molecule has 0 atom stereocenters. The van der Waals surface area contributed by atoms with E-state index >= 15 is 0 Å². The van der Waals surface area contributed by atoms with Gasteiger partial charge in [0.05, 0.1) is 0 Å². The maximum atomic E-state index is 12.8. The highest BCUT2D eigenvalue weighted by Gasteiger charge is 2.15. The Balaban J connectivity index is 1.19. The molecule has 38 heavy (non-hydrogen) atoms. The van der Waals surface area contributed by atoms with Crippen LogP contribution >= 0.6 is 0 Å². The van der Waals surface area contributed by atoms with Crippen molar-refractivity contribution in [3.8, 4) is 11.1 Å². The molecule has 3 aromatic carbocycles. The van der Waals surface area contributed by atoms with Gasteiger partial charge in [-0.25, -0.2) is 0 Å². The molecule has 2 heterocycles. The van der Waals surface area contributed by atoms with Gasteiger partial charge in [0.25, 0.3) is 11.8 Å². The van der Waals surface area contributed by atoms with E-state index in [9.17, 15) is 9.59 Å². The van der Waals surface area contributed by atoms with E-state index in [0.717, 1.165) is 48.4 Å². The molecule has 194 valence electrons.